The summed E-state index contributed by atoms with van der Waals surface area (Å²) in [6, 6.07) is 17.3. The topological polar surface area (TPSA) is 73.8 Å². The highest BCUT2D eigenvalue weighted by Crippen LogP contribution is 2.48. The standard InChI is InChI=1S/C36H48O8S6/c1-37-29-17-27(18-30(38-2)33(29)41-5)35-47-15-13-43-11-12-44-14-16-48-36(28-19-31(39-3)34(42-6)32(20-28)40-4)50-24-46-22-26-9-7-25(8-10-26)21-45-23-49-35/h7-10,17-20,35-36H,11-16,21-24H2,1-6H3. The van der Waals surface area contributed by atoms with Crippen molar-refractivity contribution in [2.45, 2.75) is 20.7 Å². The maximum atomic E-state index is 5.98. The molecule has 14 heteroatoms. The normalized spacial score (nSPS) is 19.2. The molecule has 0 N–H and O–H groups in total. The van der Waals surface area contributed by atoms with Gasteiger partial charge in [-0.3, -0.25) is 0 Å². The van der Waals surface area contributed by atoms with Gasteiger partial charge in [-0.25, -0.2) is 0 Å². The van der Waals surface area contributed by atoms with Crippen LogP contribution in [-0.4, -0.2) is 90.8 Å². The average Bonchev–Trinajstić information content (AvgIpc) is 3.15. The van der Waals surface area contributed by atoms with Crippen LogP contribution in [0.2, 0.25) is 0 Å². The molecule has 3 aromatic carbocycles. The SMILES string of the molecule is COc1cc(C2SCCOCCOCCSC(c3cc(OC)c(OC)c(OC)c3)SCSCc3ccc(cc3)CSCS2)cc(OC)c1OC. The second-order valence-electron chi connectivity index (χ2n) is 10.6. The number of thioether (sulfide) groups is 6. The quantitative estimate of drug-likeness (QED) is 0.217. The fraction of sp³-hybridized carbons (Fsp3) is 0.500. The van der Waals surface area contributed by atoms with Crippen molar-refractivity contribution in [3.63, 3.8) is 0 Å². The molecule has 0 aliphatic carbocycles. The zero-order valence-corrected chi connectivity index (χ0v) is 34.5. The highest BCUT2D eigenvalue weighted by Gasteiger charge is 2.21. The minimum Gasteiger partial charge on any atom is -0.493 e. The Morgan fingerprint density at radius 2 is 0.840 bits per heavy atom. The molecular weight excluding hydrogens is 753 g/mol. The van der Waals surface area contributed by atoms with E-state index in [0.717, 1.165) is 44.3 Å². The van der Waals surface area contributed by atoms with E-state index < -0.39 is 0 Å². The van der Waals surface area contributed by atoms with Gasteiger partial charge in [-0.1, -0.05) is 24.3 Å². The number of ether oxygens (including phenoxy) is 8. The first-order valence-electron chi connectivity index (χ1n) is 16.0. The van der Waals surface area contributed by atoms with Crippen LogP contribution in [0.1, 0.15) is 31.4 Å². The monoisotopic (exact) mass is 800 g/mol. The van der Waals surface area contributed by atoms with Crippen LogP contribution in [0.15, 0.2) is 48.5 Å². The van der Waals surface area contributed by atoms with Gasteiger partial charge in [0.05, 0.1) is 78.3 Å². The lowest BCUT2D eigenvalue weighted by atomic mass is 10.2. The molecule has 0 saturated heterocycles. The van der Waals surface area contributed by atoms with E-state index in [0.29, 0.717) is 60.9 Å². The first-order chi connectivity index (χ1) is 24.5. The maximum absolute atomic E-state index is 5.98. The van der Waals surface area contributed by atoms with E-state index in [1.54, 1.807) is 42.7 Å². The fourth-order valence-corrected chi connectivity index (χ4v) is 12.8. The molecule has 0 fully saturated rings. The average molecular weight is 801 g/mol. The molecule has 276 valence electrons. The Morgan fingerprint density at radius 3 is 1.16 bits per heavy atom. The van der Waals surface area contributed by atoms with Crippen molar-refractivity contribution in [1.82, 2.24) is 0 Å². The minimum atomic E-state index is 0.175. The molecule has 2 unspecified atom stereocenters. The number of fused-ring (bicyclic) bond motifs is 21. The van der Waals surface area contributed by atoms with Crippen molar-refractivity contribution in [3.05, 3.63) is 70.8 Å². The summed E-state index contributed by atoms with van der Waals surface area (Å²) in [4.78, 5) is 0. The van der Waals surface area contributed by atoms with E-state index in [2.05, 4.69) is 48.5 Å². The highest BCUT2D eigenvalue weighted by molar-refractivity contribution is 8.23. The van der Waals surface area contributed by atoms with Crippen LogP contribution >= 0.6 is 70.6 Å². The molecule has 2 heterocycles. The summed E-state index contributed by atoms with van der Waals surface area (Å²) in [5, 5.41) is 1.89. The van der Waals surface area contributed by atoms with Crippen LogP contribution in [0.5, 0.6) is 34.5 Å². The first kappa shape index (κ1) is 41.2. The number of benzene rings is 3. The summed E-state index contributed by atoms with van der Waals surface area (Å²) in [5.74, 6) is 7.48. The lowest BCUT2D eigenvalue weighted by Gasteiger charge is -2.20. The summed E-state index contributed by atoms with van der Waals surface area (Å²) < 4.78 is 46.1. The van der Waals surface area contributed by atoms with Crippen molar-refractivity contribution in [1.29, 1.82) is 0 Å². The second-order valence-corrected chi connectivity index (χ2v) is 18.5. The van der Waals surface area contributed by atoms with E-state index in [4.69, 9.17) is 37.9 Å². The summed E-state index contributed by atoms with van der Waals surface area (Å²) >= 11 is 11.4. The van der Waals surface area contributed by atoms with Gasteiger partial charge < -0.3 is 37.9 Å². The molecule has 0 amide bonds. The fourth-order valence-electron chi connectivity index (χ4n) is 4.98. The summed E-state index contributed by atoms with van der Waals surface area (Å²) in [6.07, 6.45) is 0. The van der Waals surface area contributed by atoms with Crippen LogP contribution in [0.25, 0.3) is 0 Å². The van der Waals surface area contributed by atoms with Crippen molar-refractivity contribution in [2.24, 2.45) is 0 Å². The number of hydrogen-bond acceptors (Lipinski definition) is 14. The first-order valence-corrected chi connectivity index (χ1v) is 22.5. The Labute approximate surface area is 323 Å². The van der Waals surface area contributed by atoms with Gasteiger partial charge in [-0.2, -0.15) is 0 Å². The Bertz CT molecular complexity index is 1270. The number of hydrogen-bond donors (Lipinski definition) is 0. The molecular formula is C36H48O8S6. The van der Waals surface area contributed by atoms with Crippen molar-refractivity contribution >= 4 is 70.6 Å². The van der Waals surface area contributed by atoms with Gasteiger partial charge in [0.2, 0.25) is 11.5 Å². The van der Waals surface area contributed by atoms with Crippen LogP contribution in [0, 0.1) is 0 Å². The van der Waals surface area contributed by atoms with Crippen LogP contribution in [0.4, 0.5) is 0 Å². The minimum absolute atomic E-state index is 0.175. The van der Waals surface area contributed by atoms with Crippen LogP contribution in [-0.2, 0) is 21.0 Å². The molecule has 0 radical (unpaired) electrons. The zero-order chi connectivity index (χ0) is 35.6. The van der Waals surface area contributed by atoms with Gasteiger partial charge >= 0.3 is 0 Å². The largest absolute Gasteiger partial charge is 0.493 e. The summed E-state index contributed by atoms with van der Waals surface area (Å²) in [5.41, 5.74) is 4.92. The van der Waals surface area contributed by atoms with Gasteiger partial charge in [0.15, 0.2) is 23.0 Å². The van der Waals surface area contributed by atoms with Gasteiger partial charge in [0, 0.05) is 33.2 Å². The van der Waals surface area contributed by atoms with Gasteiger partial charge in [0.1, 0.15) is 0 Å². The van der Waals surface area contributed by atoms with Gasteiger partial charge in [-0.15, -0.1) is 70.6 Å². The molecule has 2 aliphatic rings. The molecule has 8 nitrogen and oxygen atoms in total. The molecule has 50 heavy (non-hydrogen) atoms. The third-order valence-electron chi connectivity index (χ3n) is 7.45. The lowest BCUT2D eigenvalue weighted by molar-refractivity contribution is 0.0605. The van der Waals surface area contributed by atoms with E-state index >= 15 is 0 Å². The molecule has 0 saturated carbocycles. The Kier molecular flexibility index (Phi) is 19.1. The molecule has 2 atom stereocenters. The molecule has 5 rings (SSSR count). The van der Waals surface area contributed by atoms with Crippen LogP contribution < -0.4 is 28.4 Å². The Hall–Kier alpha value is -1.52. The third-order valence-corrected chi connectivity index (χ3v) is 15.7. The van der Waals surface area contributed by atoms with Crippen molar-refractivity contribution in [3.8, 4) is 34.5 Å². The van der Waals surface area contributed by atoms with Crippen molar-refractivity contribution in [2.75, 3.05) is 90.8 Å². The van der Waals surface area contributed by atoms with Gasteiger partial charge in [0.25, 0.3) is 0 Å². The predicted molar refractivity (Wildman–Crippen MR) is 218 cm³/mol. The highest BCUT2D eigenvalue weighted by atomic mass is 32.2. The molecule has 2 aliphatic heterocycles. The number of methoxy groups -OCH3 is 6. The molecule has 3 aromatic rings. The van der Waals surface area contributed by atoms with Crippen LogP contribution in [0.3, 0.4) is 0 Å². The van der Waals surface area contributed by atoms with Crippen molar-refractivity contribution < 1.29 is 37.9 Å². The summed E-state index contributed by atoms with van der Waals surface area (Å²) in [6.45, 7) is 2.40. The maximum Gasteiger partial charge on any atom is 0.203 e. The van der Waals surface area contributed by atoms with E-state index in [-0.39, 0.29) is 9.16 Å². The molecule has 0 aromatic heterocycles. The smallest absolute Gasteiger partial charge is 0.203 e. The molecule has 0 spiro atoms. The van der Waals surface area contributed by atoms with E-state index in [9.17, 15) is 0 Å². The lowest BCUT2D eigenvalue weighted by Crippen LogP contribution is -2.09. The van der Waals surface area contributed by atoms with E-state index in [1.807, 2.05) is 70.6 Å². The second kappa shape index (κ2) is 23.2. The van der Waals surface area contributed by atoms with E-state index in [1.165, 1.54) is 11.1 Å². The number of rotatable bonds is 8. The van der Waals surface area contributed by atoms with Gasteiger partial charge in [-0.05, 0) is 46.5 Å². The Balaban J connectivity index is 1.43. The Morgan fingerprint density at radius 1 is 0.480 bits per heavy atom. The predicted octanol–water partition coefficient (Wildman–Crippen LogP) is 9.50. The molecule has 2 bridgehead atoms. The third kappa shape index (κ3) is 12.6. The zero-order valence-electron chi connectivity index (χ0n) is 29.6. The summed E-state index contributed by atoms with van der Waals surface area (Å²) in [7, 11) is 9.89.